The Bertz CT molecular complexity index is 604. The van der Waals surface area contributed by atoms with Gasteiger partial charge < -0.3 is 5.32 Å². The molecular formula is C19H21N. The van der Waals surface area contributed by atoms with Crippen LogP contribution in [0.5, 0.6) is 0 Å². The van der Waals surface area contributed by atoms with Gasteiger partial charge in [0.2, 0.25) is 0 Å². The molecule has 1 fully saturated rings. The first-order valence-electron chi connectivity index (χ1n) is 7.78. The summed E-state index contributed by atoms with van der Waals surface area (Å²) in [6.45, 7) is 0. The van der Waals surface area contributed by atoms with E-state index in [1.807, 2.05) is 0 Å². The van der Waals surface area contributed by atoms with Gasteiger partial charge in [-0.05, 0) is 48.8 Å². The molecule has 1 aliphatic carbocycles. The van der Waals surface area contributed by atoms with Crippen molar-refractivity contribution in [1.82, 2.24) is 5.32 Å². The van der Waals surface area contributed by atoms with Gasteiger partial charge in [-0.3, -0.25) is 0 Å². The van der Waals surface area contributed by atoms with Crippen LogP contribution in [0.4, 0.5) is 0 Å². The van der Waals surface area contributed by atoms with E-state index in [0.717, 1.165) is 0 Å². The zero-order chi connectivity index (χ0) is 13.4. The molecule has 1 nitrogen and oxygen atoms in total. The van der Waals surface area contributed by atoms with Gasteiger partial charge in [0.1, 0.15) is 0 Å². The largest absolute Gasteiger partial charge is 0.300 e. The minimum Gasteiger partial charge on any atom is -0.300 e. The highest BCUT2D eigenvalue weighted by Gasteiger charge is 2.42. The molecule has 4 rings (SSSR count). The third-order valence-electron chi connectivity index (χ3n) is 5.09. The van der Waals surface area contributed by atoms with Crippen LogP contribution in [0.2, 0.25) is 0 Å². The van der Waals surface area contributed by atoms with Gasteiger partial charge >= 0.3 is 0 Å². The van der Waals surface area contributed by atoms with Crippen molar-refractivity contribution in [3.8, 4) is 0 Å². The molecule has 2 aromatic rings. The van der Waals surface area contributed by atoms with Crippen molar-refractivity contribution in [3.63, 3.8) is 0 Å². The molecule has 0 bridgehead atoms. The van der Waals surface area contributed by atoms with E-state index in [1.165, 1.54) is 37.7 Å². The molecule has 1 saturated heterocycles. The Morgan fingerprint density at radius 2 is 1.70 bits per heavy atom. The van der Waals surface area contributed by atoms with Crippen LogP contribution in [-0.4, -0.2) is 0 Å². The van der Waals surface area contributed by atoms with E-state index in [0.29, 0.717) is 6.04 Å². The van der Waals surface area contributed by atoms with E-state index < -0.39 is 0 Å². The number of fused-ring (bicyclic) bond motifs is 2. The summed E-state index contributed by atoms with van der Waals surface area (Å²) in [5, 5.41) is 3.98. The molecule has 2 atom stereocenters. The number of hydrogen-bond donors (Lipinski definition) is 1. The number of rotatable bonds is 1. The molecule has 2 aliphatic rings. The topological polar surface area (TPSA) is 12.0 Å². The molecule has 0 amide bonds. The van der Waals surface area contributed by atoms with E-state index in [-0.39, 0.29) is 5.54 Å². The Labute approximate surface area is 121 Å². The first-order chi connectivity index (χ1) is 9.87. The number of nitrogens with one attached hydrogen (secondary N) is 1. The van der Waals surface area contributed by atoms with Crippen molar-refractivity contribution >= 4 is 0 Å². The number of benzene rings is 2. The van der Waals surface area contributed by atoms with Crippen LogP contribution in [0.1, 0.15) is 48.4 Å². The smallest absolute Gasteiger partial charge is 0.0442 e. The lowest BCUT2D eigenvalue weighted by atomic mass is 9.76. The van der Waals surface area contributed by atoms with E-state index in [2.05, 4.69) is 59.9 Å². The first kappa shape index (κ1) is 12.2. The summed E-state index contributed by atoms with van der Waals surface area (Å²) in [6.07, 6.45) is 6.36. The lowest BCUT2D eigenvalue weighted by Crippen LogP contribution is -2.40. The van der Waals surface area contributed by atoms with Gasteiger partial charge in [0.25, 0.3) is 0 Å². The maximum Gasteiger partial charge on any atom is 0.0442 e. The Balaban J connectivity index is 1.68. The fourth-order valence-electron chi connectivity index (χ4n) is 4.13. The normalized spacial score (nSPS) is 28.5. The summed E-state index contributed by atoms with van der Waals surface area (Å²) in [5.41, 5.74) is 4.78. The van der Waals surface area contributed by atoms with Crippen LogP contribution < -0.4 is 5.32 Å². The minimum absolute atomic E-state index is 0.231. The summed E-state index contributed by atoms with van der Waals surface area (Å²) in [6, 6.07) is 20.5. The molecule has 0 unspecified atom stereocenters. The molecule has 1 spiro atoms. The highest BCUT2D eigenvalue weighted by atomic mass is 15.0. The van der Waals surface area contributed by atoms with Gasteiger partial charge in [0.05, 0.1) is 0 Å². The molecule has 0 saturated carbocycles. The lowest BCUT2D eigenvalue weighted by molar-refractivity contribution is 0.315. The van der Waals surface area contributed by atoms with Crippen molar-refractivity contribution in [1.29, 1.82) is 0 Å². The molecule has 1 aliphatic heterocycles. The summed E-state index contributed by atoms with van der Waals surface area (Å²) in [4.78, 5) is 0. The molecule has 1 heterocycles. The third-order valence-corrected chi connectivity index (χ3v) is 5.09. The zero-order valence-electron chi connectivity index (χ0n) is 11.8. The fraction of sp³-hybridized carbons (Fsp3) is 0.368. The SMILES string of the molecule is c1ccc([C@@H]2CC[C@@]3(CCCc4ccccc43)N2)cc1. The average Bonchev–Trinajstić information content (AvgIpc) is 2.94. The molecule has 1 N–H and O–H groups in total. The summed E-state index contributed by atoms with van der Waals surface area (Å²) in [7, 11) is 0. The third kappa shape index (κ3) is 1.89. The van der Waals surface area contributed by atoms with Crippen LogP contribution in [-0.2, 0) is 12.0 Å². The van der Waals surface area contributed by atoms with Crippen LogP contribution in [0.25, 0.3) is 0 Å². The standard InChI is InChI=1S/C19H21N/c1-2-8-16(9-3-1)18-12-14-19(20-18)13-6-10-15-7-4-5-11-17(15)19/h1-5,7-9,11,18,20H,6,10,12-14H2/t18-,19+/m0/s1. The van der Waals surface area contributed by atoms with E-state index in [1.54, 1.807) is 11.1 Å². The molecule has 1 heteroatoms. The van der Waals surface area contributed by atoms with E-state index >= 15 is 0 Å². The Hall–Kier alpha value is -1.60. The molecular weight excluding hydrogens is 242 g/mol. The van der Waals surface area contributed by atoms with Crippen molar-refractivity contribution in [3.05, 3.63) is 71.3 Å². The molecule has 0 radical (unpaired) electrons. The van der Waals surface area contributed by atoms with E-state index in [4.69, 9.17) is 0 Å². The quantitative estimate of drug-likeness (QED) is 0.807. The molecule has 102 valence electrons. The van der Waals surface area contributed by atoms with E-state index in [9.17, 15) is 0 Å². The number of hydrogen-bond acceptors (Lipinski definition) is 1. The maximum atomic E-state index is 3.98. The molecule has 0 aromatic heterocycles. The van der Waals surface area contributed by atoms with Crippen LogP contribution in [0.15, 0.2) is 54.6 Å². The Morgan fingerprint density at radius 3 is 2.60 bits per heavy atom. The summed E-state index contributed by atoms with van der Waals surface area (Å²) >= 11 is 0. The van der Waals surface area contributed by atoms with Gasteiger partial charge in [0, 0.05) is 11.6 Å². The number of aryl methyl sites for hydroxylation is 1. The first-order valence-corrected chi connectivity index (χ1v) is 7.78. The Morgan fingerprint density at radius 1 is 0.900 bits per heavy atom. The second kappa shape index (κ2) is 4.75. The Kier molecular flexibility index (Phi) is 2.89. The predicted octanol–water partition coefficient (Wildman–Crippen LogP) is 4.34. The fourth-order valence-corrected chi connectivity index (χ4v) is 4.13. The van der Waals surface area contributed by atoms with Gasteiger partial charge in [0.15, 0.2) is 0 Å². The van der Waals surface area contributed by atoms with Crippen LogP contribution >= 0.6 is 0 Å². The summed E-state index contributed by atoms with van der Waals surface area (Å²) < 4.78 is 0. The van der Waals surface area contributed by atoms with Gasteiger partial charge in [-0.2, -0.15) is 0 Å². The monoisotopic (exact) mass is 263 g/mol. The summed E-state index contributed by atoms with van der Waals surface area (Å²) in [5.74, 6) is 0. The maximum absolute atomic E-state index is 3.98. The highest BCUT2D eigenvalue weighted by Crippen LogP contribution is 2.46. The second-order valence-electron chi connectivity index (χ2n) is 6.24. The zero-order valence-corrected chi connectivity index (χ0v) is 11.8. The van der Waals surface area contributed by atoms with Crippen LogP contribution in [0.3, 0.4) is 0 Å². The van der Waals surface area contributed by atoms with Crippen molar-refractivity contribution in [2.45, 2.75) is 43.7 Å². The highest BCUT2D eigenvalue weighted by molar-refractivity contribution is 5.38. The van der Waals surface area contributed by atoms with Crippen LogP contribution in [0, 0.1) is 0 Å². The van der Waals surface area contributed by atoms with Crippen molar-refractivity contribution in [2.75, 3.05) is 0 Å². The molecule has 20 heavy (non-hydrogen) atoms. The van der Waals surface area contributed by atoms with Gasteiger partial charge in [-0.1, -0.05) is 54.6 Å². The molecule has 2 aromatic carbocycles. The second-order valence-corrected chi connectivity index (χ2v) is 6.24. The minimum atomic E-state index is 0.231. The van der Waals surface area contributed by atoms with Crippen molar-refractivity contribution < 1.29 is 0 Å². The lowest BCUT2D eigenvalue weighted by Gasteiger charge is -2.37. The average molecular weight is 263 g/mol. The van der Waals surface area contributed by atoms with Gasteiger partial charge in [-0.25, -0.2) is 0 Å². The predicted molar refractivity (Wildman–Crippen MR) is 82.6 cm³/mol. The van der Waals surface area contributed by atoms with Crippen molar-refractivity contribution in [2.24, 2.45) is 0 Å². The van der Waals surface area contributed by atoms with Gasteiger partial charge in [-0.15, -0.1) is 0 Å².